The number of ether oxygens (including phenoxy) is 1. The number of carbonyl (C=O) groups excluding carboxylic acids is 1. The highest BCUT2D eigenvalue weighted by molar-refractivity contribution is 6.31. The summed E-state index contributed by atoms with van der Waals surface area (Å²) in [5.41, 5.74) is 3.47. The maximum atomic E-state index is 12.1. The van der Waals surface area contributed by atoms with Crippen molar-refractivity contribution in [2.24, 2.45) is 5.84 Å². The number of hydrazine groups is 1. The molecular formula is C11H16ClN3O2. The SMILES string of the molecule is COCCN(C)C(=O)c1cc(Cl)ccc1NN. The van der Waals surface area contributed by atoms with Crippen LogP contribution in [0.4, 0.5) is 5.69 Å². The number of nitrogen functional groups attached to an aromatic ring is 1. The van der Waals surface area contributed by atoms with Crippen molar-refractivity contribution in [2.45, 2.75) is 0 Å². The van der Waals surface area contributed by atoms with Crippen molar-refractivity contribution in [3.63, 3.8) is 0 Å². The van der Waals surface area contributed by atoms with Crippen LogP contribution in [0.15, 0.2) is 18.2 Å². The summed E-state index contributed by atoms with van der Waals surface area (Å²) in [6.07, 6.45) is 0. The first-order valence-electron chi connectivity index (χ1n) is 5.10. The minimum absolute atomic E-state index is 0.155. The molecule has 0 bridgehead atoms. The lowest BCUT2D eigenvalue weighted by Crippen LogP contribution is -2.30. The number of methoxy groups -OCH3 is 1. The highest BCUT2D eigenvalue weighted by Crippen LogP contribution is 2.21. The number of halogens is 1. The molecule has 94 valence electrons. The van der Waals surface area contributed by atoms with Crippen LogP contribution >= 0.6 is 11.6 Å². The Kier molecular flexibility index (Phi) is 5.21. The van der Waals surface area contributed by atoms with Crippen molar-refractivity contribution in [3.05, 3.63) is 28.8 Å². The van der Waals surface area contributed by atoms with Crippen LogP contribution in [0.5, 0.6) is 0 Å². The van der Waals surface area contributed by atoms with Gasteiger partial charge in [-0.05, 0) is 18.2 Å². The van der Waals surface area contributed by atoms with Gasteiger partial charge in [-0.1, -0.05) is 11.6 Å². The van der Waals surface area contributed by atoms with Gasteiger partial charge < -0.3 is 15.1 Å². The second-order valence-electron chi connectivity index (χ2n) is 3.55. The molecule has 17 heavy (non-hydrogen) atoms. The van der Waals surface area contributed by atoms with Crippen LogP contribution in [0.25, 0.3) is 0 Å². The van der Waals surface area contributed by atoms with Gasteiger partial charge in [-0.3, -0.25) is 10.6 Å². The summed E-state index contributed by atoms with van der Waals surface area (Å²) in [5, 5.41) is 0.493. The van der Waals surface area contributed by atoms with Gasteiger partial charge in [-0.15, -0.1) is 0 Å². The Hall–Kier alpha value is -1.30. The molecule has 0 saturated heterocycles. The molecular weight excluding hydrogens is 242 g/mol. The predicted octanol–water partition coefficient (Wildman–Crippen LogP) is 1.34. The summed E-state index contributed by atoms with van der Waals surface area (Å²) >= 11 is 5.86. The van der Waals surface area contributed by atoms with Crippen LogP contribution in [0.3, 0.4) is 0 Å². The average molecular weight is 258 g/mol. The average Bonchev–Trinajstić information content (AvgIpc) is 2.34. The van der Waals surface area contributed by atoms with E-state index >= 15 is 0 Å². The van der Waals surface area contributed by atoms with E-state index in [0.29, 0.717) is 29.4 Å². The molecule has 0 aromatic heterocycles. The molecule has 1 aromatic rings. The fourth-order valence-corrected chi connectivity index (χ4v) is 1.53. The Balaban J connectivity index is 2.90. The summed E-state index contributed by atoms with van der Waals surface area (Å²) in [4.78, 5) is 13.7. The van der Waals surface area contributed by atoms with Gasteiger partial charge in [0.05, 0.1) is 17.9 Å². The largest absolute Gasteiger partial charge is 0.383 e. The molecule has 0 aliphatic rings. The minimum Gasteiger partial charge on any atom is -0.383 e. The van der Waals surface area contributed by atoms with Gasteiger partial charge in [0.15, 0.2) is 0 Å². The van der Waals surface area contributed by atoms with Crippen molar-refractivity contribution in [1.29, 1.82) is 0 Å². The normalized spacial score (nSPS) is 10.1. The quantitative estimate of drug-likeness (QED) is 0.617. The van der Waals surface area contributed by atoms with Crippen molar-refractivity contribution in [3.8, 4) is 0 Å². The number of likely N-dealkylation sites (N-methyl/N-ethyl adjacent to an activating group) is 1. The molecule has 0 atom stereocenters. The second kappa shape index (κ2) is 6.44. The standard InChI is InChI=1S/C11H16ClN3O2/c1-15(5-6-17-2)11(16)9-7-8(12)3-4-10(9)14-13/h3-4,7,14H,5-6,13H2,1-2H3. The number of benzene rings is 1. The summed E-state index contributed by atoms with van der Waals surface area (Å²) in [5.74, 6) is 5.20. The lowest BCUT2D eigenvalue weighted by Gasteiger charge is -2.18. The minimum atomic E-state index is -0.155. The number of amides is 1. The third kappa shape index (κ3) is 3.59. The fraction of sp³-hybridized carbons (Fsp3) is 0.364. The Morgan fingerprint density at radius 2 is 2.29 bits per heavy atom. The van der Waals surface area contributed by atoms with E-state index in [2.05, 4.69) is 5.43 Å². The third-order valence-electron chi connectivity index (χ3n) is 2.35. The molecule has 1 rings (SSSR count). The van der Waals surface area contributed by atoms with E-state index in [1.54, 1.807) is 37.3 Å². The molecule has 0 heterocycles. The summed E-state index contributed by atoms with van der Waals surface area (Å²) in [7, 11) is 3.28. The summed E-state index contributed by atoms with van der Waals surface area (Å²) in [6.45, 7) is 0.986. The van der Waals surface area contributed by atoms with Gasteiger partial charge in [0.25, 0.3) is 5.91 Å². The van der Waals surface area contributed by atoms with Crippen molar-refractivity contribution in [1.82, 2.24) is 4.90 Å². The van der Waals surface area contributed by atoms with Crippen molar-refractivity contribution in [2.75, 3.05) is 32.7 Å². The lowest BCUT2D eigenvalue weighted by atomic mass is 10.1. The van der Waals surface area contributed by atoms with E-state index in [9.17, 15) is 4.79 Å². The molecule has 0 aliphatic heterocycles. The van der Waals surface area contributed by atoms with E-state index in [0.717, 1.165) is 0 Å². The Labute approximate surface area is 105 Å². The Morgan fingerprint density at radius 1 is 1.59 bits per heavy atom. The van der Waals surface area contributed by atoms with E-state index in [-0.39, 0.29) is 5.91 Å². The van der Waals surface area contributed by atoms with E-state index < -0.39 is 0 Å². The molecule has 1 amide bonds. The van der Waals surface area contributed by atoms with Crippen LogP contribution in [0.1, 0.15) is 10.4 Å². The number of anilines is 1. The third-order valence-corrected chi connectivity index (χ3v) is 2.58. The topological polar surface area (TPSA) is 67.6 Å². The molecule has 5 nitrogen and oxygen atoms in total. The maximum absolute atomic E-state index is 12.1. The molecule has 0 radical (unpaired) electrons. The summed E-state index contributed by atoms with van der Waals surface area (Å²) in [6, 6.07) is 4.92. The van der Waals surface area contributed by atoms with Crippen LogP contribution in [-0.2, 0) is 4.74 Å². The number of carbonyl (C=O) groups is 1. The molecule has 3 N–H and O–H groups in total. The van der Waals surface area contributed by atoms with Gasteiger partial charge in [0.1, 0.15) is 0 Å². The zero-order valence-corrected chi connectivity index (χ0v) is 10.6. The highest BCUT2D eigenvalue weighted by Gasteiger charge is 2.15. The van der Waals surface area contributed by atoms with Crippen molar-refractivity contribution >= 4 is 23.2 Å². The smallest absolute Gasteiger partial charge is 0.255 e. The molecule has 0 unspecified atom stereocenters. The first-order valence-corrected chi connectivity index (χ1v) is 5.48. The summed E-state index contributed by atoms with van der Waals surface area (Å²) < 4.78 is 4.92. The second-order valence-corrected chi connectivity index (χ2v) is 3.99. The number of hydrogen-bond acceptors (Lipinski definition) is 4. The van der Waals surface area contributed by atoms with E-state index in [1.807, 2.05) is 0 Å². The van der Waals surface area contributed by atoms with Gasteiger partial charge in [0, 0.05) is 25.7 Å². The number of nitrogens with two attached hydrogens (primary N) is 1. The number of hydrogen-bond donors (Lipinski definition) is 2. The zero-order chi connectivity index (χ0) is 12.8. The van der Waals surface area contributed by atoms with E-state index in [1.165, 1.54) is 0 Å². The molecule has 0 spiro atoms. The van der Waals surface area contributed by atoms with E-state index in [4.69, 9.17) is 22.2 Å². The predicted molar refractivity (Wildman–Crippen MR) is 68.1 cm³/mol. The van der Waals surface area contributed by atoms with Crippen LogP contribution < -0.4 is 11.3 Å². The first-order chi connectivity index (χ1) is 8.10. The van der Waals surface area contributed by atoms with Crippen LogP contribution in [0.2, 0.25) is 5.02 Å². The number of nitrogens with one attached hydrogen (secondary N) is 1. The maximum Gasteiger partial charge on any atom is 0.255 e. The van der Waals surface area contributed by atoms with Crippen molar-refractivity contribution < 1.29 is 9.53 Å². The van der Waals surface area contributed by atoms with Gasteiger partial charge >= 0.3 is 0 Å². The van der Waals surface area contributed by atoms with Crippen LogP contribution in [-0.4, -0.2) is 38.1 Å². The fourth-order valence-electron chi connectivity index (χ4n) is 1.35. The number of nitrogens with zero attached hydrogens (tertiary/aromatic N) is 1. The molecule has 1 aromatic carbocycles. The molecule has 0 saturated carbocycles. The van der Waals surface area contributed by atoms with Crippen LogP contribution in [0, 0.1) is 0 Å². The lowest BCUT2D eigenvalue weighted by molar-refractivity contribution is 0.0745. The van der Waals surface area contributed by atoms with Gasteiger partial charge in [0.2, 0.25) is 0 Å². The Morgan fingerprint density at radius 3 is 2.88 bits per heavy atom. The monoisotopic (exact) mass is 257 g/mol. The molecule has 0 aliphatic carbocycles. The van der Waals surface area contributed by atoms with Gasteiger partial charge in [-0.25, -0.2) is 0 Å². The Bertz CT molecular complexity index is 398. The zero-order valence-electron chi connectivity index (χ0n) is 9.87. The molecule has 0 fully saturated rings. The van der Waals surface area contributed by atoms with Gasteiger partial charge in [-0.2, -0.15) is 0 Å². The number of rotatable bonds is 5. The highest BCUT2D eigenvalue weighted by atomic mass is 35.5. The first kappa shape index (κ1) is 13.8. The molecule has 6 heteroatoms.